The van der Waals surface area contributed by atoms with Crippen LogP contribution in [-0.2, 0) is 0 Å². The molecule has 8 nitrogen and oxygen atoms in total. The topological polar surface area (TPSA) is 84.4 Å². The van der Waals surface area contributed by atoms with Gasteiger partial charge in [-0.25, -0.2) is 14.5 Å². The predicted molar refractivity (Wildman–Crippen MR) is 127 cm³/mol. The molecule has 0 saturated carbocycles. The third-order valence-electron chi connectivity index (χ3n) is 5.52. The summed E-state index contributed by atoms with van der Waals surface area (Å²) < 4.78 is 3.89. The number of imidazole rings is 1. The molecule has 1 atom stereocenters. The van der Waals surface area contributed by atoms with E-state index in [9.17, 15) is 0 Å². The second-order valence-electron chi connectivity index (χ2n) is 7.47. The van der Waals surface area contributed by atoms with Gasteiger partial charge in [0.05, 0.1) is 41.2 Å². The van der Waals surface area contributed by atoms with Gasteiger partial charge in [-0.15, -0.1) is 0 Å². The Kier molecular flexibility index (Phi) is 5.51. The monoisotopic (exact) mass is 426 g/mol. The van der Waals surface area contributed by atoms with Crippen molar-refractivity contribution in [1.29, 1.82) is 0 Å². The third-order valence-corrected chi connectivity index (χ3v) is 5.52. The lowest BCUT2D eigenvalue weighted by Crippen LogP contribution is -2.22. The first-order valence-electron chi connectivity index (χ1n) is 11.1. The number of rotatable bonds is 4. The van der Waals surface area contributed by atoms with Crippen molar-refractivity contribution in [3.8, 4) is 22.6 Å². The molecule has 8 heteroatoms. The van der Waals surface area contributed by atoms with Crippen molar-refractivity contribution >= 4 is 17.0 Å². The lowest BCUT2D eigenvalue weighted by atomic mass is 10.2. The van der Waals surface area contributed by atoms with E-state index < -0.39 is 0 Å². The van der Waals surface area contributed by atoms with E-state index in [0.717, 1.165) is 59.1 Å². The number of nitrogens with one attached hydrogen (secondary N) is 2. The summed E-state index contributed by atoms with van der Waals surface area (Å²) in [7, 11) is 0. The summed E-state index contributed by atoms with van der Waals surface area (Å²) in [4.78, 5) is 14.0. The van der Waals surface area contributed by atoms with Crippen LogP contribution in [0.1, 0.15) is 20.3 Å². The lowest BCUT2D eigenvalue weighted by Gasteiger charge is -2.12. The fourth-order valence-electron chi connectivity index (χ4n) is 3.99. The van der Waals surface area contributed by atoms with Crippen LogP contribution in [0, 0.1) is 0 Å². The Balaban J connectivity index is 0.00000105. The van der Waals surface area contributed by atoms with E-state index in [1.54, 1.807) is 6.20 Å². The molecule has 0 bridgehead atoms. The molecule has 5 aromatic rings. The van der Waals surface area contributed by atoms with Crippen molar-refractivity contribution in [2.45, 2.75) is 26.3 Å². The summed E-state index contributed by atoms with van der Waals surface area (Å²) in [6.07, 6.45) is 10.5. The molecule has 2 N–H and O–H groups in total. The molecule has 1 fully saturated rings. The predicted octanol–water partition coefficient (Wildman–Crippen LogP) is 3.91. The molecule has 1 aliphatic heterocycles. The average molecular weight is 427 g/mol. The molecule has 5 aromatic heterocycles. The number of nitrogens with zero attached hydrogens (tertiary/aromatic N) is 6. The molecule has 162 valence electrons. The zero-order chi connectivity index (χ0) is 21.9. The van der Waals surface area contributed by atoms with E-state index in [1.165, 1.54) is 0 Å². The molecule has 0 amide bonds. The van der Waals surface area contributed by atoms with Gasteiger partial charge in [0.2, 0.25) is 0 Å². The molecular formula is C24H26N8. The largest absolute Gasteiger partial charge is 0.366 e. The number of anilines is 1. The van der Waals surface area contributed by atoms with E-state index in [1.807, 2.05) is 83.9 Å². The van der Waals surface area contributed by atoms with E-state index in [-0.39, 0.29) is 0 Å². The summed E-state index contributed by atoms with van der Waals surface area (Å²) in [6, 6.07) is 12.5. The first-order valence-corrected chi connectivity index (χ1v) is 11.1. The van der Waals surface area contributed by atoms with E-state index in [4.69, 9.17) is 4.98 Å². The maximum Gasteiger partial charge on any atom is 0.155 e. The lowest BCUT2D eigenvalue weighted by molar-refractivity contribution is 0.788. The SMILES string of the molecule is CC.c1cc(NC2CCNC2)nc(-c2cnc3cnc(-c4cnn5ccccc45)cn23)c1. The molecule has 0 aromatic carbocycles. The maximum atomic E-state index is 4.83. The molecule has 1 aliphatic rings. The van der Waals surface area contributed by atoms with Crippen LogP contribution < -0.4 is 10.6 Å². The van der Waals surface area contributed by atoms with Crippen LogP contribution in [-0.4, -0.2) is 48.1 Å². The van der Waals surface area contributed by atoms with Gasteiger partial charge in [0.1, 0.15) is 5.82 Å². The van der Waals surface area contributed by atoms with Crippen molar-refractivity contribution in [3.63, 3.8) is 0 Å². The minimum atomic E-state index is 0.418. The molecule has 6 rings (SSSR count). The van der Waals surface area contributed by atoms with E-state index in [2.05, 4.69) is 25.7 Å². The van der Waals surface area contributed by atoms with Gasteiger partial charge in [-0.3, -0.25) is 9.38 Å². The summed E-state index contributed by atoms with van der Waals surface area (Å²) in [6.45, 7) is 6.01. The highest BCUT2D eigenvalue weighted by molar-refractivity contribution is 5.78. The standard InChI is InChI=1S/C22H20N8.C2H6/c1-2-9-30-19(5-1)16(11-26-30)18-14-29-20(12-25-22(29)13-24-18)17-4-3-6-21(28-17)27-15-7-8-23-10-15;1-2/h1-6,9,11-15,23H,7-8,10H2,(H,27,28);1-2H3. The minimum absolute atomic E-state index is 0.418. The Hall–Kier alpha value is -3.78. The first-order chi connectivity index (χ1) is 15.8. The number of fused-ring (bicyclic) bond motifs is 2. The third kappa shape index (κ3) is 3.69. The van der Waals surface area contributed by atoms with Crippen LogP contribution in [0.4, 0.5) is 5.82 Å². The molecule has 6 heterocycles. The zero-order valence-corrected chi connectivity index (χ0v) is 18.2. The second-order valence-corrected chi connectivity index (χ2v) is 7.47. The summed E-state index contributed by atoms with van der Waals surface area (Å²) in [5.41, 5.74) is 5.42. The van der Waals surface area contributed by atoms with Crippen molar-refractivity contribution in [3.05, 3.63) is 67.4 Å². The smallest absolute Gasteiger partial charge is 0.155 e. The molecule has 0 radical (unpaired) electrons. The Bertz CT molecular complexity index is 1350. The first kappa shape index (κ1) is 20.1. The van der Waals surface area contributed by atoms with Gasteiger partial charge in [-0.05, 0) is 37.2 Å². The van der Waals surface area contributed by atoms with Crippen molar-refractivity contribution in [2.75, 3.05) is 18.4 Å². The van der Waals surface area contributed by atoms with Gasteiger partial charge in [0.15, 0.2) is 5.65 Å². The van der Waals surface area contributed by atoms with Gasteiger partial charge in [-0.1, -0.05) is 26.0 Å². The van der Waals surface area contributed by atoms with E-state index >= 15 is 0 Å². The Labute approximate surface area is 186 Å². The van der Waals surface area contributed by atoms with Crippen molar-refractivity contribution in [2.24, 2.45) is 0 Å². The van der Waals surface area contributed by atoms with Crippen LogP contribution in [0.25, 0.3) is 33.8 Å². The number of aromatic nitrogens is 6. The normalized spacial score (nSPS) is 15.6. The van der Waals surface area contributed by atoms with Crippen molar-refractivity contribution in [1.82, 2.24) is 34.3 Å². The fourth-order valence-corrected chi connectivity index (χ4v) is 3.99. The van der Waals surface area contributed by atoms with Gasteiger partial charge < -0.3 is 10.6 Å². The fraction of sp³-hybridized carbons (Fsp3) is 0.250. The highest BCUT2D eigenvalue weighted by Crippen LogP contribution is 2.26. The summed E-state index contributed by atoms with van der Waals surface area (Å²) >= 11 is 0. The molecular weight excluding hydrogens is 400 g/mol. The quantitative estimate of drug-likeness (QED) is 0.453. The number of hydrogen-bond donors (Lipinski definition) is 2. The van der Waals surface area contributed by atoms with Crippen LogP contribution in [0.2, 0.25) is 0 Å². The Morgan fingerprint density at radius 1 is 1.00 bits per heavy atom. The molecule has 1 saturated heterocycles. The van der Waals surface area contributed by atoms with Gasteiger partial charge in [0.25, 0.3) is 0 Å². The molecule has 0 spiro atoms. The van der Waals surface area contributed by atoms with Crippen LogP contribution in [0.3, 0.4) is 0 Å². The zero-order valence-electron chi connectivity index (χ0n) is 18.2. The van der Waals surface area contributed by atoms with Gasteiger partial charge >= 0.3 is 0 Å². The van der Waals surface area contributed by atoms with Crippen LogP contribution in [0.5, 0.6) is 0 Å². The number of hydrogen-bond acceptors (Lipinski definition) is 6. The minimum Gasteiger partial charge on any atom is -0.366 e. The number of pyridine rings is 2. The van der Waals surface area contributed by atoms with Gasteiger partial charge in [0, 0.05) is 30.5 Å². The van der Waals surface area contributed by atoms with Crippen molar-refractivity contribution < 1.29 is 0 Å². The average Bonchev–Trinajstić information content (AvgIpc) is 3.60. The maximum absolute atomic E-state index is 4.83. The van der Waals surface area contributed by atoms with Gasteiger partial charge in [-0.2, -0.15) is 5.10 Å². The molecule has 0 aliphatic carbocycles. The van der Waals surface area contributed by atoms with Crippen LogP contribution >= 0.6 is 0 Å². The molecule has 1 unspecified atom stereocenters. The molecule has 32 heavy (non-hydrogen) atoms. The second kappa shape index (κ2) is 8.76. The van der Waals surface area contributed by atoms with Crippen LogP contribution in [0.15, 0.2) is 67.4 Å². The summed E-state index contributed by atoms with van der Waals surface area (Å²) in [5.74, 6) is 0.882. The van der Waals surface area contributed by atoms with E-state index in [0.29, 0.717) is 6.04 Å². The Morgan fingerprint density at radius 2 is 1.94 bits per heavy atom. The highest BCUT2D eigenvalue weighted by Gasteiger charge is 2.16. The Morgan fingerprint density at radius 3 is 2.81 bits per heavy atom. The highest BCUT2D eigenvalue weighted by atomic mass is 15.2. The summed E-state index contributed by atoms with van der Waals surface area (Å²) in [5, 5.41) is 11.3.